The van der Waals surface area contributed by atoms with E-state index in [1.165, 1.54) is 42.5 Å². The molecule has 8 aromatic rings. The van der Waals surface area contributed by atoms with Crippen LogP contribution in [0.3, 0.4) is 0 Å². The number of aryl methyl sites for hydroxylation is 1. The zero-order valence-corrected chi connectivity index (χ0v) is 82.7. The first-order valence-electron chi connectivity index (χ1n) is 35.2. The van der Waals surface area contributed by atoms with E-state index in [9.17, 15) is 73.1 Å². The molecule has 4 N–H and O–H groups in total. The number of hydrogen-bond donors (Lipinski definition) is 4. The SMILES string of the molecule is CC.CC.CC.CC.CC.CC.CCc1c(C)c(C)c(C)c2c1-c1ccccc1C2(O)C(F)(F)F.CCc1c(C)c(C)c(C)c2c1-c1ccccc1C2(O)C(F)(F)F.Cc1c(C)c(C)c2c(c1C)-c1ccccc1C2(O)C(F)(F)F.Cc1cc2c(c(C)c1C)-c1ccccc1C2(O)C(F)(F)F.[U].[U].[U].[U]. The van der Waals surface area contributed by atoms with E-state index in [4.69, 9.17) is 0 Å². The minimum Gasteiger partial charge on any atom is -0.372 e. The number of rotatable bonds is 2. The molecule has 0 radical (unpaired) electrons. The van der Waals surface area contributed by atoms with Gasteiger partial charge in [-0.1, -0.05) is 200 Å². The largest absolute Gasteiger partial charge is 0.425 e. The summed E-state index contributed by atoms with van der Waals surface area (Å²) < 4.78 is 166. The van der Waals surface area contributed by atoms with Crippen molar-refractivity contribution in [3.63, 3.8) is 0 Å². The Morgan fingerprint density at radius 2 is 0.467 bits per heavy atom. The smallest absolute Gasteiger partial charge is 0.372 e. The zero-order valence-electron chi connectivity index (χ0n) is 66.1. The topological polar surface area (TPSA) is 80.9 Å². The van der Waals surface area contributed by atoms with Crippen LogP contribution in [-0.2, 0) is 35.2 Å². The van der Waals surface area contributed by atoms with Crippen LogP contribution in [0, 0.1) is 214 Å². The van der Waals surface area contributed by atoms with E-state index in [-0.39, 0.29) is 169 Å². The Labute approximate surface area is 712 Å². The van der Waals surface area contributed by atoms with E-state index < -0.39 is 47.1 Å². The monoisotopic (exact) mass is 2370 g/mol. The van der Waals surface area contributed by atoms with Gasteiger partial charge in [0.15, 0.2) is 0 Å². The second kappa shape index (κ2) is 41.0. The van der Waals surface area contributed by atoms with Crippen molar-refractivity contribution in [3.8, 4) is 44.5 Å². The fraction of sp³-hybridized carbons (Fsp3) is 0.435. The van der Waals surface area contributed by atoms with Crippen molar-refractivity contribution in [2.75, 3.05) is 0 Å². The van der Waals surface area contributed by atoms with Gasteiger partial charge in [-0.15, -0.1) is 0 Å². The summed E-state index contributed by atoms with van der Waals surface area (Å²) in [5.74, 6) is 0. The Hall–Kier alpha value is -3.03. The van der Waals surface area contributed by atoms with E-state index >= 15 is 0 Å². The van der Waals surface area contributed by atoms with E-state index in [2.05, 4.69) is 0 Å². The molecule has 0 saturated heterocycles. The van der Waals surface area contributed by atoms with Crippen molar-refractivity contribution in [1.29, 1.82) is 0 Å². The van der Waals surface area contributed by atoms with Gasteiger partial charge in [0.25, 0.3) is 0 Å². The Morgan fingerprint density at radius 1 is 0.257 bits per heavy atom. The van der Waals surface area contributed by atoms with Crippen molar-refractivity contribution in [1.82, 2.24) is 0 Å². The summed E-state index contributed by atoms with van der Waals surface area (Å²) in [5.41, 5.74) is 4.00. The first-order chi connectivity index (χ1) is 47.1. The van der Waals surface area contributed by atoms with Crippen LogP contribution in [0.1, 0.15) is 225 Å². The molecule has 4 unspecified atom stereocenters. The molecule has 105 heavy (non-hydrogen) atoms. The maximum absolute atomic E-state index is 13.9. The molecule has 0 aliphatic heterocycles. The number of hydrogen-bond acceptors (Lipinski definition) is 4. The van der Waals surface area contributed by atoms with E-state index in [1.807, 2.05) is 145 Å². The molecule has 0 spiro atoms. The van der Waals surface area contributed by atoms with Gasteiger partial charge in [0.05, 0.1) is 0 Å². The molecule has 4 aliphatic rings. The van der Waals surface area contributed by atoms with Crippen molar-refractivity contribution in [2.24, 2.45) is 0 Å². The van der Waals surface area contributed by atoms with Gasteiger partial charge in [-0.2, -0.15) is 52.7 Å². The Kier molecular flexibility index (Phi) is 40.6. The van der Waals surface area contributed by atoms with E-state index in [1.54, 1.807) is 102 Å². The van der Waals surface area contributed by atoms with Crippen molar-refractivity contribution in [2.45, 2.75) is 247 Å². The average Bonchev–Trinajstić information content (AvgIpc) is 1.56. The molecule has 12 rings (SSSR count). The van der Waals surface area contributed by atoms with Gasteiger partial charge in [0, 0.05) is 169 Å². The number of halogens is 12. The zero-order chi connectivity index (χ0) is 78.3. The van der Waals surface area contributed by atoms with Gasteiger partial charge in [0.1, 0.15) is 0 Å². The Morgan fingerprint density at radius 3 is 0.733 bits per heavy atom. The minimum absolute atomic E-state index is 0. The van der Waals surface area contributed by atoms with Crippen LogP contribution in [0.5, 0.6) is 0 Å². The van der Waals surface area contributed by atoms with Crippen LogP contribution in [0.4, 0.5) is 52.7 Å². The predicted octanol–water partition coefficient (Wildman–Crippen LogP) is 25.2. The molecule has 4 nitrogen and oxygen atoms in total. The van der Waals surface area contributed by atoms with Crippen LogP contribution in [0.2, 0.25) is 0 Å². The van der Waals surface area contributed by atoms with Crippen LogP contribution >= 0.6 is 0 Å². The van der Waals surface area contributed by atoms with Gasteiger partial charge in [0.2, 0.25) is 22.4 Å². The Balaban J connectivity index is 0. The summed E-state index contributed by atoms with van der Waals surface area (Å²) in [6.07, 6.45) is -17.8. The third-order valence-corrected chi connectivity index (χ3v) is 20.0. The number of benzene rings is 8. The molecular formula is C85H106F12O4U4. The molecule has 0 saturated carbocycles. The molecule has 0 aromatic heterocycles. The second-order valence-electron chi connectivity index (χ2n) is 24.0. The van der Waals surface area contributed by atoms with Crippen LogP contribution in [0.25, 0.3) is 44.5 Å². The molecular weight excluding hydrogens is 2270 g/mol. The first-order valence-corrected chi connectivity index (χ1v) is 35.2. The third-order valence-electron chi connectivity index (χ3n) is 20.0. The quantitative estimate of drug-likeness (QED) is 0.130. The number of aliphatic hydroxyl groups is 4. The summed E-state index contributed by atoms with van der Waals surface area (Å²) in [7, 11) is 0. The first kappa shape index (κ1) is 104. The molecule has 570 valence electrons. The average molecular weight is 2370 g/mol. The fourth-order valence-electron chi connectivity index (χ4n) is 14.4. The van der Waals surface area contributed by atoms with Crippen molar-refractivity contribution >= 4 is 0 Å². The molecule has 4 atom stereocenters. The standard InChI is InChI=1S/2C19H19F3O.C18H17F3O.C17H15F3O.6C2H6.4U/c2*1-5-13-11(3)10(2)12(4)17-16(13)14-8-6-7-9-15(14)18(17,23)19(20,21)22;1-9-10(2)12(4)16-15(11(9)3)13-7-5-6-8-14(13)17(16,22)18(19,20)21;1-9-8-14-15(11(3)10(9)2)12-6-4-5-7-13(12)16(14,21)17(18,19)20;6*1-2;;;;/h2*6-9,23H,5H2,1-4H3;5-8,22H,1-4H3;4-8,21H,1-3H3;6*1-2H3;;;;. The molecule has 20 heteroatoms. The summed E-state index contributed by atoms with van der Waals surface area (Å²) in [4.78, 5) is 0. The molecule has 0 amide bonds. The summed E-state index contributed by atoms with van der Waals surface area (Å²) in [6.45, 7) is 51.4. The normalized spacial score (nSPS) is 17.2. The van der Waals surface area contributed by atoms with Crippen LogP contribution in [0.15, 0.2) is 103 Å². The molecule has 0 heterocycles. The minimum atomic E-state index is -4.77. The Bertz CT molecular complexity index is 4110. The van der Waals surface area contributed by atoms with Crippen molar-refractivity contribution < 1.29 is 198 Å². The molecule has 0 bridgehead atoms. The van der Waals surface area contributed by atoms with Gasteiger partial charge >= 0.3 is 24.7 Å². The van der Waals surface area contributed by atoms with Crippen molar-refractivity contribution in [3.05, 3.63) is 231 Å². The van der Waals surface area contributed by atoms with Gasteiger partial charge in [-0.05, 0) is 231 Å². The molecule has 0 fully saturated rings. The van der Waals surface area contributed by atoms with Gasteiger partial charge in [-0.3, -0.25) is 0 Å². The summed E-state index contributed by atoms with van der Waals surface area (Å²) in [5, 5.41) is 42.9. The fourth-order valence-corrected chi connectivity index (χ4v) is 14.4. The van der Waals surface area contributed by atoms with Crippen LogP contribution in [-0.4, -0.2) is 45.1 Å². The number of fused-ring (bicyclic) bond motifs is 12. The maximum Gasteiger partial charge on any atom is 0.425 e. The van der Waals surface area contributed by atoms with Gasteiger partial charge < -0.3 is 20.4 Å². The molecule has 8 aromatic carbocycles. The number of alkyl halides is 12. The predicted molar refractivity (Wildman–Crippen MR) is 392 cm³/mol. The summed E-state index contributed by atoms with van der Waals surface area (Å²) in [6, 6.07) is 26.6. The maximum atomic E-state index is 13.9. The van der Waals surface area contributed by atoms with E-state index in [0.717, 1.165) is 66.8 Å². The molecule has 4 aliphatic carbocycles. The van der Waals surface area contributed by atoms with Gasteiger partial charge in [-0.25, -0.2) is 0 Å². The third kappa shape index (κ3) is 17.6. The van der Waals surface area contributed by atoms with E-state index in [0.29, 0.717) is 74.0 Å². The summed E-state index contributed by atoms with van der Waals surface area (Å²) >= 11 is 0. The second-order valence-corrected chi connectivity index (χ2v) is 24.0. The van der Waals surface area contributed by atoms with Crippen LogP contribution < -0.4 is 0 Å².